The van der Waals surface area contributed by atoms with Crippen molar-refractivity contribution in [3.63, 3.8) is 0 Å². The third-order valence-corrected chi connectivity index (χ3v) is 2.20. The number of methoxy groups -OCH3 is 1. The summed E-state index contributed by atoms with van der Waals surface area (Å²) in [5, 5.41) is 9.78. The fraction of sp³-hybridized carbons (Fsp3) is 0.0909. The number of hydrogen-bond acceptors (Lipinski definition) is 5. The Labute approximate surface area is 103 Å². The molecule has 0 radical (unpaired) electrons. The molecule has 0 aliphatic heterocycles. The Hall–Kier alpha value is -2.01. The number of phenolic OH excluding ortho intramolecular Hbond substituents is 1. The zero-order valence-corrected chi connectivity index (χ0v) is 9.68. The lowest BCUT2D eigenvalue weighted by molar-refractivity contribution is 0.360. The molecule has 0 bridgehead atoms. The molecule has 0 saturated heterocycles. The molecule has 0 unspecified atom stereocenters. The molecule has 6 heteroatoms. The van der Waals surface area contributed by atoms with Gasteiger partial charge in [0.2, 0.25) is 5.88 Å². The quantitative estimate of drug-likeness (QED) is 0.910. The first kappa shape index (κ1) is 11.5. The maximum Gasteiger partial charge on any atom is 0.319 e. The number of aromatic nitrogens is 2. The van der Waals surface area contributed by atoms with Gasteiger partial charge >= 0.3 is 6.01 Å². The van der Waals surface area contributed by atoms with Gasteiger partial charge in [-0.2, -0.15) is 4.98 Å². The number of nitrogens with zero attached hydrogens (tertiary/aromatic N) is 2. The highest BCUT2D eigenvalue weighted by molar-refractivity contribution is 6.31. The first-order valence-corrected chi connectivity index (χ1v) is 5.11. The number of phenols is 1. The number of hydrogen-bond donors (Lipinski definition) is 1. The molecule has 1 heterocycles. The summed E-state index contributed by atoms with van der Waals surface area (Å²) in [7, 11) is 1.44. The third-order valence-electron chi connectivity index (χ3n) is 1.94. The number of ether oxygens (including phenoxy) is 2. The molecule has 2 rings (SSSR count). The van der Waals surface area contributed by atoms with E-state index >= 15 is 0 Å². The van der Waals surface area contributed by atoms with E-state index in [4.69, 9.17) is 21.1 Å². The number of benzene rings is 1. The lowest BCUT2D eigenvalue weighted by Gasteiger charge is -2.08. The number of aromatic hydroxyl groups is 1. The molecule has 0 fully saturated rings. The maximum absolute atomic E-state index is 9.55. The second-order valence-corrected chi connectivity index (χ2v) is 3.49. The second kappa shape index (κ2) is 4.88. The van der Waals surface area contributed by atoms with Gasteiger partial charge in [0.15, 0.2) is 11.5 Å². The van der Waals surface area contributed by atoms with Crippen LogP contribution in [-0.2, 0) is 0 Å². The van der Waals surface area contributed by atoms with E-state index in [1.807, 2.05) is 0 Å². The minimum atomic E-state index is 0.00106. The van der Waals surface area contributed by atoms with E-state index in [2.05, 4.69) is 9.97 Å². The van der Waals surface area contributed by atoms with Crippen LogP contribution in [0.15, 0.2) is 30.5 Å². The fourth-order valence-corrected chi connectivity index (χ4v) is 1.28. The van der Waals surface area contributed by atoms with E-state index in [-0.39, 0.29) is 28.4 Å². The fourth-order valence-electron chi connectivity index (χ4n) is 1.15. The first-order chi connectivity index (χ1) is 8.20. The number of rotatable bonds is 3. The SMILES string of the molecule is COc1ncc(Cl)c(Oc2ccccc2O)n1. The molecule has 0 aliphatic rings. The van der Waals surface area contributed by atoms with Gasteiger partial charge in [0.05, 0.1) is 13.3 Å². The van der Waals surface area contributed by atoms with E-state index < -0.39 is 0 Å². The molecule has 0 amide bonds. The van der Waals surface area contributed by atoms with Gasteiger partial charge in [-0.3, -0.25) is 0 Å². The zero-order valence-electron chi connectivity index (χ0n) is 8.92. The standard InChI is InChI=1S/C11H9ClN2O3/c1-16-11-13-6-7(12)10(14-11)17-9-5-3-2-4-8(9)15/h2-6,15H,1H3. The van der Waals surface area contributed by atoms with Crippen LogP contribution < -0.4 is 9.47 Å². The summed E-state index contributed by atoms with van der Waals surface area (Å²) >= 11 is 5.87. The van der Waals surface area contributed by atoms with Gasteiger partial charge in [-0.1, -0.05) is 23.7 Å². The monoisotopic (exact) mass is 252 g/mol. The minimum Gasteiger partial charge on any atom is -0.504 e. The van der Waals surface area contributed by atoms with Crippen LogP contribution in [0.25, 0.3) is 0 Å². The molecule has 2 aromatic rings. The van der Waals surface area contributed by atoms with Gasteiger partial charge in [-0.15, -0.1) is 0 Å². The molecular formula is C11H9ClN2O3. The Balaban J connectivity index is 2.32. The van der Waals surface area contributed by atoms with Crippen LogP contribution in [-0.4, -0.2) is 22.2 Å². The predicted octanol–water partition coefficient (Wildman–Crippen LogP) is 2.64. The molecule has 0 spiro atoms. The van der Waals surface area contributed by atoms with Crippen LogP contribution in [0.3, 0.4) is 0 Å². The summed E-state index contributed by atoms with van der Waals surface area (Å²) in [6.45, 7) is 0. The Morgan fingerprint density at radius 1 is 1.29 bits per heavy atom. The Bertz CT molecular complexity index is 534. The van der Waals surface area contributed by atoms with Crippen LogP contribution in [0, 0.1) is 0 Å². The highest BCUT2D eigenvalue weighted by atomic mass is 35.5. The van der Waals surface area contributed by atoms with Crippen LogP contribution in [0.1, 0.15) is 0 Å². The summed E-state index contributed by atoms with van der Waals surface area (Å²) in [6.07, 6.45) is 1.36. The average Bonchev–Trinajstić information content (AvgIpc) is 2.35. The van der Waals surface area contributed by atoms with Gasteiger partial charge in [0.1, 0.15) is 5.02 Å². The van der Waals surface area contributed by atoms with Crippen molar-refractivity contribution in [2.75, 3.05) is 7.11 Å². The number of para-hydroxylation sites is 2. The molecular weight excluding hydrogens is 244 g/mol. The summed E-state index contributed by atoms with van der Waals surface area (Å²) < 4.78 is 10.2. The van der Waals surface area contributed by atoms with Gasteiger partial charge < -0.3 is 14.6 Å². The second-order valence-electron chi connectivity index (χ2n) is 3.08. The molecule has 0 saturated carbocycles. The molecule has 1 aromatic carbocycles. The van der Waals surface area contributed by atoms with Crippen molar-refractivity contribution in [1.29, 1.82) is 0 Å². The Kier molecular flexibility index (Phi) is 3.30. The molecule has 88 valence electrons. The smallest absolute Gasteiger partial charge is 0.319 e. The summed E-state index contributed by atoms with van der Waals surface area (Å²) in [5.74, 6) is 0.385. The van der Waals surface area contributed by atoms with E-state index in [1.165, 1.54) is 19.4 Å². The van der Waals surface area contributed by atoms with E-state index in [0.29, 0.717) is 0 Å². The highest BCUT2D eigenvalue weighted by Gasteiger charge is 2.10. The van der Waals surface area contributed by atoms with Gasteiger partial charge in [-0.05, 0) is 12.1 Å². The van der Waals surface area contributed by atoms with Crippen LogP contribution >= 0.6 is 11.6 Å². The van der Waals surface area contributed by atoms with Gasteiger partial charge in [0.25, 0.3) is 0 Å². The van der Waals surface area contributed by atoms with Gasteiger partial charge in [-0.25, -0.2) is 4.98 Å². The molecule has 1 N–H and O–H groups in total. The topological polar surface area (TPSA) is 64.5 Å². The lowest BCUT2D eigenvalue weighted by atomic mass is 10.3. The number of halogens is 1. The maximum atomic E-state index is 9.55. The third kappa shape index (κ3) is 2.57. The normalized spacial score (nSPS) is 10.0. The zero-order chi connectivity index (χ0) is 12.3. The molecule has 0 atom stereocenters. The van der Waals surface area contributed by atoms with Crippen molar-refractivity contribution in [1.82, 2.24) is 9.97 Å². The van der Waals surface area contributed by atoms with E-state index in [1.54, 1.807) is 18.2 Å². The lowest BCUT2D eigenvalue weighted by Crippen LogP contribution is -1.95. The predicted molar refractivity (Wildman–Crippen MR) is 61.8 cm³/mol. The van der Waals surface area contributed by atoms with Crippen molar-refractivity contribution < 1.29 is 14.6 Å². The van der Waals surface area contributed by atoms with Crippen LogP contribution in [0.4, 0.5) is 0 Å². The molecule has 5 nitrogen and oxygen atoms in total. The molecule has 0 aliphatic carbocycles. The minimum absolute atomic E-state index is 0.00106. The van der Waals surface area contributed by atoms with Crippen molar-refractivity contribution >= 4 is 11.6 Å². The highest BCUT2D eigenvalue weighted by Crippen LogP contribution is 2.32. The van der Waals surface area contributed by atoms with E-state index in [9.17, 15) is 5.11 Å². The molecule has 17 heavy (non-hydrogen) atoms. The van der Waals surface area contributed by atoms with Crippen molar-refractivity contribution in [2.24, 2.45) is 0 Å². The summed E-state index contributed by atoms with van der Waals surface area (Å²) in [5.41, 5.74) is 0. The Morgan fingerprint density at radius 2 is 2.06 bits per heavy atom. The summed E-state index contributed by atoms with van der Waals surface area (Å²) in [6, 6.07) is 6.65. The van der Waals surface area contributed by atoms with Crippen molar-refractivity contribution in [3.05, 3.63) is 35.5 Å². The largest absolute Gasteiger partial charge is 0.504 e. The van der Waals surface area contributed by atoms with E-state index in [0.717, 1.165) is 0 Å². The van der Waals surface area contributed by atoms with Gasteiger partial charge in [0, 0.05) is 0 Å². The van der Waals surface area contributed by atoms with Crippen LogP contribution in [0.5, 0.6) is 23.4 Å². The molecule has 1 aromatic heterocycles. The van der Waals surface area contributed by atoms with Crippen LogP contribution in [0.2, 0.25) is 5.02 Å². The van der Waals surface area contributed by atoms with Crippen molar-refractivity contribution in [3.8, 4) is 23.4 Å². The van der Waals surface area contributed by atoms with Crippen molar-refractivity contribution in [2.45, 2.75) is 0 Å². The first-order valence-electron chi connectivity index (χ1n) is 4.73. The average molecular weight is 253 g/mol. The summed E-state index contributed by atoms with van der Waals surface area (Å²) in [4.78, 5) is 7.74. The Morgan fingerprint density at radius 3 is 2.76 bits per heavy atom.